The first-order valence-electron chi connectivity index (χ1n) is 10.4. The average molecular weight is 500 g/mol. The average Bonchev–Trinajstić information content (AvgIpc) is 3.45. The molecule has 0 aliphatic carbocycles. The van der Waals surface area contributed by atoms with Crippen LogP contribution < -0.4 is 14.3 Å². The molecular formula is C23H21N3O6S2. The molecule has 1 aliphatic rings. The number of fused-ring (bicyclic) bond motifs is 2. The van der Waals surface area contributed by atoms with E-state index in [2.05, 4.69) is 4.99 Å². The van der Waals surface area contributed by atoms with Gasteiger partial charge in [-0.25, -0.2) is 8.42 Å². The molecule has 0 fully saturated rings. The second-order valence-corrected chi connectivity index (χ2v) is 10.7. The molecular weight excluding hydrogens is 478 g/mol. The second-order valence-electron chi connectivity index (χ2n) is 7.69. The summed E-state index contributed by atoms with van der Waals surface area (Å²) < 4.78 is 46.1. The van der Waals surface area contributed by atoms with Crippen molar-refractivity contribution in [2.75, 3.05) is 20.3 Å². The molecule has 0 spiro atoms. The maximum atomic E-state index is 12.8. The van der Waals surface area contributed by atoms with Crippen LogP contribution in [0.15, 0.2) is 69.1 Å². The summed E-state index contributed by atoms with van der Waals surface area (Å²) in [5, 5.41) is 0. The number of sulfonamides is 1. The lowest BCUT2D eigenvalue weighted by Crippen LogP contribution is -2.26. The predicted molar refractivity (Wildman–Crippen MR) is 125 cm³/mol. The third-order valence-corrected chi connectivity index (χ3v) is 8.35. The number of thiazole rings is 1. The monoisotopic (exact) mass is 499 g/mol. The Morgan fingerprint density at radius 1 is 1.12 bits per heavy atom. The molecule has 4 aromatic rings. The van der Waals surface area contributed by atoms with Crippen molar-refractivity contribution in [1.29, 1.82) is 0 Å². The third kappa shape index (κ3) is 4.13. The van der Waals surface area contributed by atoms with Crippen LogP contribution in [0, 0.1) is 0 Å². The number of aromatic nitrogens is 1. The zero-order chi connectivity index (χ0) is 23.9. The molecule has 34 heavy (non-hydrogen) atoms. The zero-order valence-corrected chi connectivity index (χ0v) is 20.1. The van der Waals surface area contributed by atoms with E-state index in [1.807, 2.05) is 23.7 Å². The van der Waals surface area contributed by atoms with E-state index in [-0.39, 0.29) is 17.0 Å². The fourth-order valence-electron chi connectivity index (χ4n) is 3.58. The summed E-state index contributed by atoms with van der Waals surface area (Å²) in [6.45, 7) is 1.09. The van der Waals surface area contributed by atoms with Crippen LogP contribution in [0.5, 0.6) is 11.5 Å². The van der Waals surface area contributed by atoms with E-state index in [1.54, 1.807) is 12.1 Å². The molecule has 11 heteroatoms. The van der Waals surface area contributed by atoms with E-state index in [4.69, 9.17) is 13.9 Å². The van der Waals surface area contributed by atoms with Crippen LogP contribution in [0.2, 0.25) is 0 Å². The lowest BCUT2D eigenvalue weighted by molar-refractivity contribution is 0.0998. The number of amides is 1. The third-order valence-electron chi connectivity index (χ3n) is 5.44. The van der Waals surface area contributed by atoms with Crippen molar-refractivity contribution in [2.45, 2.75) is 11.4 Å². The highest BCUT2D eigenvalue weighted by Crippen LogP contribution is 2.35. The quantitative estimate of drug-likeness (QED) is 0.418. The van der Waals surface area contributed by atoms with E-state index in [0.29, 0.717) is 35.3 Å². The number of furan rings is 1. The number of hydrogen-bond acceptors (Lipinski definition) is 7. The lowest BCUT2D eigenvalue weighted by atomic mass is 10.2. The largest absolute Gasteiger partial charge is 0.486 e. The normalized spacial score (nSPS) is 14.1. The molecule has 2 aromatic heterocycles. The minimum atomic E-state index is -3.74. The van der Waals surface area contributed by atoms with E-state index in [0.717, 1.165) is 10.2 Å². The summed E-state index contributed by atoms with van der Waals surface area (Å²) in [4.78, 5) is 17.7. The first-order valence-corrected chi connectivity index (χ1v) is 12.7. The second kappa shape index (κ2) is 8.75. The Hall–Kier alpha value is -3.41. The molecule has 0 unspecified atom stereocenters. The van der Waals surface area contributed by atoms with Gasteiger partial charge in [0.05, 0.1) is 27.9 Å². The molecule has 9 nitrogen and oxygen atoms in total. The minimum absolute atomic E-state index is 0.0797. The van der Waals surface area contributed by atoms with Gasteiger partial charge in [0, 0.05) is 31.8 Å². The topological polar surface area (TPSA) is 103 Å². The fourth-order valence-corrected chi connectivity index (χ4v) is 5.74. The molecule has 1 amide bonds. The van der Waals surface area contributed by atoms with E-state index in [1.165, 1.54) is 53.2 Å². The van der Waals surface area contributed by atoms with Gasteiger partial charge in [0.25, 0.3) is 5.91 Å². The smallest absolute Gasteiger partial charge is 0.279 e. The van der Waals surface area contributed by atoms with Crippen LogP contribution in [-0.4, -0.2) is 43.5 Å². The number of benzene rings is 2. The van der Waals surface area contributed by atoms with E-state index < -0.39 is 15.9 Å². The summed E-state index contributed by atoms with van der Waals surface area (Å²) in [6, 6.07) is 12.9. The van der Waals surface area contributed by atoms with E-state index in [9.17, 15) is 13.2 Å². The lowest BCUT2D eigenvalue weighted by Gasteiger charge is -2.18. The molecule has 0 atom stereocenters. The van der Waals surface area contributed by atoms with Gasteiger partial charge in [-0.15, -0.1) is 0 Å². The van der Waals surface area contributed by atoms with Crippen molar-refractivity contribution >= 4 is 37.5 Å². The van der Waals surface area contributed by atoms with Gasteiger partial charge in [-0.2, -0.15) is 9.30 Å². The molecule has 1 aliphatic heterocycles. The highest BCUT2D eigenvalue weighted by atomic mass is 32.2. The molecule has 0 N–H and O–H groups in total. The van der Waals surface area contributed by atoms with Crippen molar-refractivity contribution in [1.82, 2.24) is 8.87 Å². The predicted octanol–water partition coefficient (Wildman–Crippen LogP) is 3.17. The fraction of sp³-hybridized carbons (Fsp3) is 0.217. The van der Waals surface area contributed by atoms with Crippen LogP contribution in [-0.2, 0) is 23.6 Å². The minimum Gasteiger partial charge on any atom is -0.486 e. The molecule has 2 aromatic carbocycles. The molecule has 5 rings (SSSR count). The highest BCUT2D eigenvalue weighted by molar-refractivity contribution is 7.89. The molecule has 0 bridgehead atoms. The summed E-state index contributed by atoms with van der Waals surface area (Å²) in [5.74, 6) is 1.41. The van der Waals surface area contributed by atoms with Gasteiger partial charge in [0.15, 0.2) is 16.3 Å². The maximum absolute atomic E-state index is 12.8. The van der Waals surface area contributed by atoms with Gasteiger partial charge < -0.3 is 18.5 Å². The van der Waals surface area contributed by atoms with Crippen molar-refractivity contribution in [3.8, 4) is 11.5 Å². The van der Waals surface area contributed by atoms with Crippen LogP contribution in [0.3, 0.4) is 0 Å². The molecule has 176 valence electrons. The van der Waals surface area contributed by atoms with E-state index >= 15 is 0 Å². The number of nitrogens with zero attached hydrogens (tertiary/aromatic N) is 3. The zero-order valence-electron chi connectivity index (χ0n) is 18.4. The number of hydrogen-bond donors (Lipinski definition) is 0. The first kappa shape index (κ1) is 22.4. The number of carbonyl (C=O) groups excluding carboxylic acids is 1. The number of aryl methyl sites for hydroxylation is 1. The molecule has 0 saturated carbocycles. The summed E-state index contributed by atoms with van der Waals surface area (Å²) >= 11 is 1.36. The summed E-state index contributed by atoms with van der Waals surface area (Å²) in [5.41, 5.74) is 1.16. The Balaban J connectivity index is 1.40. The molecule has 0 radical (unpaired) electrons. The van der Waals surface area contributed by atoms with Gasteiger partial charge in [-0.1, -0.05) is 11.3 Å². The van der Waals surface area contributed by atoms with Gasteiger partial charge in [-0.3, -0.25) is 4.79 Å². The molecule has 0 saturated heterocycles. The standard InChI is InChI=1S/C23H21N3O6S2/c1-25(14-16-4-3-9-30-16)34(28,29)17-7-5-15(6-8-17)22(27)24-23-26(2)18-12-19-20(13-21(18)33-23)32-11-10-31-19/h3-9,12-13H,10-11,14H2,1-2H3. The highest BCUT2D eigenvalue weighted by Gasteiger charge is 2.22. The SMILES string of the molecule is CN(Cc1ccco1)S(=O)(=O)c1ccc(C(=O)N=c2sc3cc4c(cc3n2C)OCCO4)cc1. The Morgan fingerprint density at radius 3 is 2.50 bits per heavy atom. The number of ether oxygens (including phenoxy) is 2. The van der Waals surface area contributed by atoms with Crippen LogP contribution >= 0.6 is 11.3 Å². The first-order chi connectivity index (χ1) is 16.3. The van der Waals surface area contributed by atoms with Gasteiger partial charge in [0.1, 0.15) is 19.0 Å². The van der Waals surface area contributed by atoms with Crippen LogP contribution in [0.4, 0.5) is 0 Å². The molecule has 3 heterocycles. The Labute approximate surface area is 199 Å². The van der Waals surface area contributed by atoms with Crippen molar-refractivity contribution < 1.29 is 27.1 Å². The van der Waals surface area contributed by atoms with Crippen molar-refractivity contribution in [3.63, 3.8) is 0 Å². The summed E-state index contributed by atoms with van der Waals surface area (Å²) in [6.07, 6.45) is 1.49. The van der Waals surface area contributed by atoms with Crippen LogP contribution in [0.1, 0.15) is 16.1 Å². The van der Waals surface area contributed by atoms with Gasteiger partial charge >= 0.3 is 0 Å². The van der Waals surface area contributed by atoms with Crippen molar-refractivity contribution in [2.24, 2.45) is 12.0 Å². The van der Waals surface area contributed by atoms with Gasteiger partial charge in [0.2, 0.25) is 10.0 Å². The Kier molecular flexibility index (Phi) is 5.76. The van der Waals surface area contributed by atoms with Gasteiger partial charge in [-0.05, 0) is 36.4 Å². The van der Waals surface area contributed by atoms with Crippen LogP contribution in [0.25, 0.3) is 10.2 Å². The van der Waals surface area contributed by atoms with Crippen molar-refractivity contribution in [3.05, 3.63) is 70.9 Å². The Bertz CT molecular complexity index is 1530. The Morgan fingerprint density at radius 2 is 1.82 bits per heavy atom. The number of carbonyl (C=O) groups is 1. The number of rotatable bonds is 5. The maximum Gasteiger partial charge on any atom is 0.279 e. The summed E-state index contributed by atoms with van der Waals surface area (Å²) in [7, 11) is -0.444.